The molecular weight excluding hydrogens is 258 g/mol. The van der Waals surface area contributed by atoms with Gasteiger partial charge in [0.05, 0.1) is 6.54 Å². The molecule has 0 unspecified atom stereocenters. The van der Waals surface area contributed by atoms with E-state index in [1.54, 1.807) is 6.20 Å². The number of nitrogens with one attached hydrogen (secondary N) is 2. The Labute approximate surface area is 97.6 Å². The van der Waals surface area contributed by atoms with E-state index in [0.717, 1.165) is 15.9 Å². The quantitative estimate of drug-likeness (QED) is 0.877. The maximum Gasteiger partial charge on any atom is 0.239 e. The highest BCUT2D eigenvalue weighted by molar-refractivity contribution is 9.10. The third kappa shape index (κ3) is 3.87. The first-order valence-corrected chi connectivity index (χ1v) is 5.55. The normalized spacial score (nSPS) is 9.80. The van der Waals surface area contributed by atoms with Gasteiger partial charge in [0.25, 0.3) is 0 Å². The van der Waals surface area contributed by atoms with Gasteiger partial charge in [-0.2, -0.15) is 0 Å². The SMILES string of the molecule is CCNC(=O)CNc1ncc(Br)cc1C. The van der Waals surface area contributed by atoms with Crippen molar-refractivity contribution in [2.24, 2.45) is 0 Å². The number of hydrogen-bond acceptors (Lipinski definition) is 3. The second kappa shape index (κ2) is 5.70. The second-order valence-electron chi connectivity index (χ2n) is 3.13. The average Bonchev–Trinajstić information content (AvgIpc) is 2.17. The minimum atomic E-state index is -0.0263. The van der Waals surface area contributed by atoms with E-state index in [1.807, 2.05) is 19.9 Å². The Balaban J connectivity index is 2.54. The lowest BCUT2D eigenvalue weighted by molar-refractivity contribution is -0.119. The van der Waals surface area contributed by atoms with Gasteiger partial charge in [-0.1, -0.05) is 0 Å². The Morgan fingerprint density at radius 3 is 2.93 bits per heavy atom. The van der Waals surface area contributed by atoms with Gasteiger partial charge >= 0.3 is 0 Å². The number of carbonyl (C=O) groups excluding carboxylic acids is 1. The number of anilines is 1. The fourth-order valence-electron chi connectivity index (χ4n) is 1.15. The highest BCUT2D eigenvalue weighted by atomic mass is 79.9. The molecule has 1 aromatic rings. The van der Waals surface area contributed by atoms with Crippen LogP contribution < -0.4 is 10.6 Å². The zero-order chi connectivity index (χ0) is 11.3. The summed E-state index contributed by atoms with van der Waals surface area (Å²) in [6.07, 6.45) is 1.70. The van der Waals surface area contributed by atoms with Crippen LogP contribution in [0.15, 0.2) is 16.7 Å². The van der Waals surface area contributed by atoms with E-state index in [1.165, 1.54) is 0 Å². The number of pyridine rings is 1. The first-order valence-electron chi connectivity index (χ1n) is 4.76. The maximum absolute atomic E-state index is 11.2. The van der Waals surface area contributed by atoms with Crippen molar-refractivity contribution in [2.45, 2.75) is 13.8 Å². The summed E-state index contributed by atoms with van der Waals surface area (Å²) in [4.78, 5) is 15.4. The number of aryl methyl sites for hydroxylation is 1. The van der Waals surface area contributed by atoms with Crippen molar-refractivity contribution in [3.8, 4) is 0 Å². The summed E-state index contributed by atoms with van der Waals surface area (Å²) in [5.74, 6) is 0.714. The Morgan fingerprint density at radius 2 is 2.33 bits per heavy atom. The molecule has 0 spiro atoms. The summed E-state index contributed by atoms with van der Waals surface area (Å²) < 4.78 is 0.934. The molecule has 1 rings (SSSR count). The van der Waals surface area contributed by atoms with Gasteiger partial charge in [-0.15, -0.1) is 0 Å². The predicted molar refractivity (Wildman–Crippen MR) is 63.8 cm³/mol. The van der Waals surface area contributed by atoms with Gasteiger partial charge in [0.2, 0.25) is 5.91 Å². The monoisotopic (exact) mass is 271 g/mol. The van der Waals surface area contributed by atoms with Gasteiger partial charge in [0.1, 0.15) is 5.82 Å². The molecular formula is C10H14BrN3O. The Hall–Kier alpha value is -1.10. The summed E-state index contributed by atoms with van der Waals surface area (Å²) in [6, 6.07) is 1.95. The van der Waals surface area contributed by atoms with Crippen LogP contribution in [0.5, 0.6) is 0 Å². The predicted octanol–water partition coefficient (Wildman–Crippen LogP) is 1.70. The molecule has 0 radical (unpaired) electrons. The van der Waals surface area contributed by atoms with Crippen LogP contribution in [0.4, 0.5) is 5.82 Å². The van der Waals surface area contributed by atoms with Crippen LogP contribution in [0.1, 0.15) is 12.5 Å². The Bertz CT molecular complexity index is 355. The van der Waals surface area contributed by atoms with Crippen molar-refractivity contribution in [2.75, 3.05) is 18.4 Å². The molecule has 4 nitrogen and oxygen atoms in total. The molecule has 0 aliphatic heterocycles. The smallest absolute Gasteiger partial charge is 0.239 e. The first-order chi connectivity index (χ1) is 7.13. The molecule has 0 saturated carbocycles. The molecule has 0 aliphatic rings. The van der Waals surface area contributed by atoms with Crippen LogP contribution in [0.25, 0.3) is 0 Å². The molecule has 0 bridgehead atoms. The fourth-order valence-corrected chi connectivity index (χ4v) is 1.59. The van der Waals surface area contributed by atoms with Gasteiger partial charge in [0.15, 0.2) is 0 Å². The van der Waals surface area contributed by atoms with Crippen molar-refractivity contribution in [3.05, 3.63) is 22.3 Å². The van der Waals surface area contributed by atoms with Crippen LogP contribution in [0.3, 0.4) is 0 Å². The summed E-state index contributed by atoms with van der Waals surface area (Å²) in [5.41, 5.74) is 1.01. The topological polar surface area (TPSA) is 54.0 Å². The highest BCUT2D eigenvalue weighted by Crippen LogP contribution is 2.16. The second-order valence-corrected chi connectivity index (χ2v) is 4.04. The van der Waals surface area contributed by atoms with Crippen molar-refractivity contribution in [1.82, 2.24) is 10.3 Å². The van der Waals surface area contributed by atoms with Crippen LogP contribution in [-0.4, -0.2) is 24.0 Å². The van der Waals surface area contributed by atoms with Crippen molar-refractivity contribution >= 4 is 27.7 Å². The van der Waals surface area contributed by atoms with Gasteiger partial charge in [0, 0.05) is 17.2 Å². The number of nitrogens with zero attached hydrogens (tertiary/aromatic N) is 1. The number of likely N-dealkylation sites (N-methyl/N-ethyl adjacent to an activating group) is 1. The molecule has 1 amide bonds. The number of amides is 1. The van der Waals surface area contributed by atoms with E-state index in [0.29, 0.717) is 6.54 Å². The van der Waals surface area contributed by atoms with E-state index < -0.39 is 0 Å². The van der Waals surface area contributed by atoms with E-state index in [4.69, 9.17) is 0 Å². The summed E-state index contributed by atoms with van der Waals surface area (Å²) in [7, 11) is 0. The minimum Gasteiger partial charge on any atom is -0.361 e. The average molecular weight is 272 g/mol. The maximum atomic E-state index is 11.2. The summed E-state index contributed by atoms with van der Waals surface area (Å²) in [6.45, 7) is 4.73. The van der Waals surface area contributed by atoms with Crippen LogP contribution in [0, 0.1) is 6.92 Å². The number of rotatable bonds is 4. The van der Waals surface area contributed by atoms with Crippen LogP contribution >= 0.6 is 15.9 Å². The van der Waals surface area contributed by atoms with Gasteiger partial charge in [-0.25, -0.2) is 4.98 Å². The molecule has 15 heavy (non-hydrogen) atoms. The molecule has 0 fully saturated rings. The highest BCUT2D eigenvalue weighted by Gasteiger charge is 2.02. The van der Waals surface area contributed by atoms with Crippen molar-refractivity contribution in [3.63, 3.8) is 0 Å². The molecule has 0 atom stereocenters. The van der Waals surface area contributed by atoms with E-state index >= 15 is 0 Å². The van der Waals surface area contributed by atoms with Crippen molar-refractivity contribution in [1.29, 1.82) is 0 Å². The lowest BCUT2D eigenvalue weighted by atomic mass is 10.3. The lowest BCUT2D eigenvalue weighted by Crippen LogP contribution is -2.29. The minimum absolute atomic E-state index is 0.0263. The van der Waals surface area contributed by atoms with Crippen LogP contribution in [-0.2, 0) is 4.79 Å². The summed E-state index contributed by atoms with van der Waals surface area (Å²) in [5, 5.41) is 5.69. The number of aromatic nitrogens is 1. The van der Waals surface area contributed by atoms with Gasteiger partial charge in [-0.05, 0) is 41.4 Å². The molecule has 0 aliphatic carbocycles. The zero-order valence-electron chi connectivity index (χ0n) is 8.80. The fraction of sp³-hybridized carbons (Fsp3) is 0.400. The van der Waals surface area contributed by atoms with Crippen molar-refractivity contribution < 1.29 is 4.79 Å². The van der Waals surface area contributed by atoms with Crippen LogP contribution in [0.2, 0.25) is 0 Å². The first kappa shape index (κ1) is 12.0. The van der Waals surface area contributed by atoms with Gasteiger partial charge in [-0.3, -0.25) is 4.79 Å². The van der Waals surface area contributed by atoms with Gasteiger partial charge < -0.3 is 10.6 Å². The summed E-state index contributed by atoms with van der Waals surface area (Å²) >= 11 is 3.33. The van der Waals surface area contributed by atoms with E-state index in [2.05, 4.69) is 31.5 Å². The third-order valence-corrected chi connectivity index (χ3v) is 2.27. The van der Waals surface area contributed by atoms with E-state index in [9.17, 15) is 4.79 Å². The standard InChI is InChI=1S/C10H14BrN3O/c1-3-12-9(15)6-14-10-7(2)4-8(11)5-13-10/h4-5H,3,6H2,1-2H3,(H,12,15)(H,13,14). The lowest BCUT2D eigenvalue weighted by Gasteiger charge is -2.08. The molecule has 1 heterocycles. The molecule has 0 aromatic carbocycles. The molecule has 5 heteroatoms. The molecule has 2 N–H and O–H groups in total. The zero-order valence-corrected chi connectivity index (χ0v) is 10.4. The number of hydrogen-bond donors (Lipinski definition) is 2. The molecule has 82 valence electrons. The Morgan fingerprint density at radius 1 is 1.60 bits per heavy atom. The molecule has 1 aromatic heterocycles. The number of carbonyl (C=O) groups is 1. The molecule has 0 saturated heterocycles. The third-order valence-electron chi connectivity index (χ3n) is 1.84. The largest absolute Gasteiger partial charge is 0.361 e. The van der Waals surface area contributed by atoms with E-state index in [-0.39, 0.29) is 12.5 Å². The Kier molecular flexibility index (Phi) is 4.55. The number of halogens is 1.